The second-order valence-electron chi connectivity index (χ2n) is 5.43. The van der Waals surface area contributed by atoms with Crippen molar-refractivity contribution in [2.45, 2.75) is 39.2 Å². The van der Waals surface area contributed by atoms with Crippen LogP contribution >= 0.6 is 11.6 Å². The van der Waals surface area contributed by atoms with Crippen molar-refractivity contribution in [3.8, 4) is 0 Å². The van der Waals surface area contributed by atoms with Crippen LogP contribution in [-0.4, -0.2) is 22.9 Å². The summed E-state index contributed by atoms with van der Waals surface area (Å²) < 4.78 is 1.44. The van der Waals surface area contributed by atoms with Crippen LogP contribution in [0, 0.1) is 0 Å². The zero-order valence-electron chi connectivity index (χ0n) is 10.5. The first-order chi connectivity index (χ1) is 7.91. The summed E-state index contributed by atoms with van der Waals surface area (Å²) in [5, 5.41) is 4.52. The molecule has 1 aliphatic heterocycles. The zero-order chi connectivity index (χ0) is 12.6. The molecule has 0 spiro atoms. The maximum Gasteiger partial charge on any atom is 0.288 e. The van der Waals surface area contributed by atoms with Crippen molar-refractivity contribution in [3.63, 3.8) is 0 Å². The molecular formula is C12H18ClN3O. The van der Waals surface area contributed by atoms with Gasteiger partial charge in [0, 0.05) is 13.1 Å². The van der Waals surface area contributed by atoms with E-state index in [1.165, 1.54) is 4.68 Å². The van der Waals surface area contributed by atoms with Gasteiger partial charge in [0.2, 0.25) is 0 Å². The van der Waals surface area contributed by atoms with E-state index in [9.17, 15) is 4.79 Å². The van der Waals surface area contributed by atoms with Gasteiger partial charge in [-0.25, -0.2) is 4.68 Å². The van der Waals surface area contributed by atoms with Gasteiger partial charge in [-0.05, 0) is 33.6 Å². The molecule has 2 rings (SSSR count). The van der Waals surface area contributed by atoms with Crippen molar-refractivity contribution in [2.24, 2.45) is 0 Å². The standard InChI is InChI=1S/C12H18ClN3O/c1-12(2,3)16-11(17)10(13)9(8-14-16)15-6-4-5-7-15/h8H,4-7H2,1-3H3. The molecule has 1 saturated heterocycles. The topological polar surface area (TPSA) is 38.1 Å². The average Bonchev–Trinajstić information content (AvgIpc) is 2.73. The molecule has 94 valence electrons. The van der Waals surface area contributed by atoms with Gasteiger partial charge < -0.3 is 4.90 Å². The molecule has 5 heteroatoms. The van der Waals surface area contributed by atoms with E-state index in [0.29, 0.717) is 0 Å². The van der Waals surface area contributed by atoms with E-state index < -0.39 is 0 Å². The van der Waals surface area contributed by atoms with Gasteiger partial charge in [0.1, 0.15) is 5.02 Å². The Morgan fingerprint density at radius 3 is 2.41 bits per heavy atom. The second kappa shape index (κ2) is 4.33. The predicted octanol–water partition coefficient (Wildman–Crippen LogP) is 2.25. The van der Waals surface area contributed by atoms with Crippen LogP contribution < -0.4 is 10.5 Å². The summed E-state index contributed by atoms with van der Waals surface area (Å²) in [7, 11) is 0. The van der Waals surface area contributed by atoms with Gasteiger partial charge in [-0.2, -0.15) is 5.10 Å². The number of hydrogen-bond acceptors (Lipinski definition) is 3. The van der Waals surface area contributed by atoms with Crippen LogP contribution in [0.4, 0.5) is 5.69 Å². The first-order valence-corrected chi connectivity index (χ1v) is 6.32. The lowest BCUT2D eigenvalue weighted by molar-refractivity contribution is 0.338. The summed E-state index contributed by atoms with van der Waals surface area (Å²) in [6.45, 7) is 7.73. The SMILES string of the molecule is CC(C)(C)n1ncc(N2CCCC2)c(Cl)c1=O. The third-order valence-electron chi connectivity index (χ3n) is 2.98. The Labute approximate surface area is 106 Å². The lowest BCUT2D eigenvalue weighted by Gasteiger charge is -2.23. The molecule has 17 heavy (non-hydrogen) atoms. The van der Waals surface area contributed by atoms with E-state index in [4.69, 9.17) is 11.6 Å². The van der Waals surface area contributed by atoms with Crippen LogP contribution in [-0.2, 0) is 5.54 Å². The molecule has 0 unspecified atom stereocenters. The number of rotatable bonds is 1. The van der Waals surface area contributed by atoms with Gasteiger partial charge >= 0.3 is 0 Å². The summed E-state index contributed by atoms with van der Waals surface area (Å²) >= 11 is 6.17. The van der Waals surface area contributed by atoms with E-state index in [2.05, 4.69) is 10.00 Å². The fraction of sp³-hybridized carbons (Fsp3) is 0.667. The number of aromatic nitrogens is 2. The Balaban J connectivity index is 2.46. The van der Waals surface area contributed by atoms with Gasteiger partial charge in [0.05, 0.1) is 17.4 Å². The minimum Gasteiger partial charge on any atom is -0.369 e. The molecule has 1 aliphatic rings. The van der Waals surface area contributed by atoms with Gasteiger partial charge in [-0.15, -0.1) is 0 Å². The largest absolute Gasteiger partial charge is 0.369 e. The molecule has 0 atom stereocenters. The highest BCUT2D eigenvalue weighted by atomic mass is 35.5. The molecule has 0 saturated carbocycles. The van der Waals surface area contributed by atoms with Crippen LogP contribution in [0.15, 0.2) is 11.0 Å². The highest BCUT2D eigenvalue weighted by molar-refractivity contribution is 6.33. The molecule has 2 heterocycles. The average molecular weight is 256 g/mol. The maximum absolute atomic E-state index is 12.1. The van der Waals surface area contributed by atoms with Crippen LogP contribution in [0.5, 0.6) is 0 Å². The predicted molar refractivity (Wildman–Crippen MR) is 70.0 cm³/mol. The van der Waals surface area contributed by atoms with Crippen molar-refractivity contribution < 1.29 is 0 Å². The highest BCUT2D eigenvalue weighted by Gasteiger charge is 2.22. The van der Waals surface area contributed by atoms with Gasteiger partial charge in [0.15, 0.2) is 0 Å². The van der Waals surface area contributed by atoms with Crippen LogP contribution in [0.1, 0.15) is 33.6 Å². The van der Waals surface area contributed by atoms with E-state index in [1.54, 1.807) is 6.20 Å². The van der Waals surface area contributed by atoms with Crippen molar-refractivity contribution >= 4 is 17.3 Å². The third-order valence-corrected chi connectivity index (χ3v) is 3.34. The molecule has 0 amide bonds. The Kier molecular flexibility index (Phi) is 3.17. The van der Waals surface area contributed by atoms with Gasteiger partial charge in [-0.3, -0.25) is 4.79 Å². The number of anilines is 1. The Hall–Kier alpha value is -1.03. The van der Waals surface area contributed by atoms with Gasteiger partial charge in [-0.1, -0.05) is 11.6 Å². The number of nitrogens with zero attached hydrogens (tertiary/aromatic N) is 3. The van der Waals surface area contributed by atoms with Gasteiger partial charge in [0.25, 0.3) is 5.56 Å². The molecule has 1 fully saturated rings. The van der Waals surface area contributed by atoms with E-state index >= 15 is 0 Å². The zero-order valence-corrected chi connectivity index (χ0v) is 11.3. The Bertz CT molecular complexity index is 470. The Morgan fingerprint density at radius 2 is 1.88 bits per heavy atom. The van der Waals surface area contributed by atoms with Crippen LogP contribution in [0.2, 0.25) is 5.02 Å². The molecular weight excluding hydrogens is 238 g/mol. The molecule has 1 aromatic heterocycles. The van der Waals surface area contributed by atoms with Crippen molar-refractivity contribution in [1.29, 1.82) is 0 Å². The summed E-state index contributed by atoms with van der Waals surface area (Å²) in [6, 6.07) is 0. The Morgan fingerprint density at radius 1 is 1.29 bits per heavy atom. The quantitative estimate of drug-likeness (QED) is 0.773. The molecule has 0 N–H and O–H groups in total. The first kappa shape index (κ1) is 12.4. The minimum atomic E-state index is -0.343. The first-order valence-electron chi connectivity index (χ1n) is 5.94. The normalized spacial score (nSPS) is 16.6. The van der Waals surface area contributed by atoms with Crippen LogP contribution in [0.3, 0.4) is 0 Å². The third kappa shape index (κ3) is 2.32. The second-order valence-corrected chi connectivity index (χ2v) is 5.80. The van der Waals surface area contributed by atoms with E-state index in [1.807, 2.05) is 20.8 Å². The summed E-state index contributed by atoms with van der Waals surface area (Å²) in [4.78, 5) is 14.3. The highest BCUT2D eigenvalue weighted by Crippen LogP contribution is 2.25. The van der Waals surface area contributed by atoms with Crippen molar-refractivity contribution in [1.82, 2.24) is 9.78 Å². The number of halogens is 1. The molecule has 0 aromatic carbocycles. The van der Waals surface area contributed by atoms with Crippen molar-refractivity contribution in [3.05, 3.63) is 21.6 Å². The van der Waals surface area contributed by atoms with Crippen LogP contribution in [0.25, 0.3) is 0 Å². The lowest BCUT2D eigenvalue weighted by Crippen LogP contribution is -2.37. The molecule has 0 bridgehead atoms. The number of hydrogen-bond donors (Lipinski definition) is 0. The van der Waals surface area contributed by atoms with E-state index in [-0.39, 0.29) is 16.1 Å². The summed E-state index contributed by atoms with van der Waals surface area (Å²) in [6.07, 6.45) is 4.01. The minimum absolute atomic E-state index is 0.205. The molecule has 1 aromatic rings. The summed E-state index contributed by atoms with van der Waals surface area (Å²) in [5.74, 6) is 0. The fourth-order valence-corrected chi connectivity index (χ4v) is 2.33. The maximum atomic E-state index is 12.1. The fourth-order valence-electron chi connectivity index (χ4n) is 2.08. The lowest BCUT2D eigenvalue weighted by atomic mass is 10.1. The molecule has 0 aliphatic carbocycles. The molecule has 4 nitrogen and oxygen atoms in total. The summed E-state index contributed by atoms with van der Waals surface area (Å²) in [5.41, 5.74) is 0.225. The smallest absolute Gasteiger partial charge is 0.288 e. The van der Waals surface area contributed by atoms with E-state index in [0.717, 1.165) is 31.6 Å². The molecule has 0 radical (unpaired) electrons. The van der Waals surface area contributed by atoms with Crippen molar-refractivity contribution in [2.75, 3.05) is 18.0 Å². The monoisotopic (exact) mass is 255 g/mol.